The first-order valence-corrected chi connectivity index (χ1v) is 24.6. The summed E-state index contributed by atoms with van der Waals surface area (Å²) in [6.07, 6.45) is 36.7. The highest BCUT2D eigenvalue weighted by atomic mass is 16.3. The highest BCUT2D eigenvalue weighted by molar-refractivity contribution is 5.88. The second-order valence-corrected chi connectivity index (χ2v) is 21.0. The van der Waals surface area contributed by atoms with E-state index in [0.29, 0.717) is 17.3 Å². The van der Waals surface area contributed by atoms with Crippen molar-refractivity contribution in [3.8, 4) is 11.1 Å². The number of allylic oxidation sites excluding steroid dienone is 10. The maximum atomic E-state index is 6.42. The highest BCUT2D eigenvalue weighted by Gasteiger charge is 2.60. The molecule has 7 aliphatic carbocycles. The molecule has 3 nitrogen and oxygen atoms in total. The lowest BCUT2D eigenvalue weighted by Crippen LogP contribution is -2.44. The van der Waals surface area contributed by atoms with Crippen LogP contribution in [0.5, 0.6) is 0 Å². The summed E-state index contributed by atoms with van der Waals surface area (Å²) in [6, 6.07) is 34.6. The lowest BCUT2D eigenvalue weighted by atomic mass is 9.58. The fourth-order valence-electron chi connectivity index (χ4n) is 14.5. The van der Waals surface area contributed by atoms with E-state index < -0.39 is 0 Å². The third kappa shape index (κ3) is 6.02. The second kappa shape index (κ2) is 15.0. The van der Waals surface area contributed by atoms with Crippen molar-refractivity contribution in [1.29, 1.82) is 0 Å². The summed E-state index contributed by atoms with van der Waals surface area (Å²) in [4.78, 5) is 0. The van der Waals surface area contributed by atoms with E-state index in [1.165, 1.54) is 83.7 Å². The molecule has 2 saturated carbocycles. The minimum absolute atomic E-state index is 0.0274. The average molecular weight is 837 g/mol. The van der Waals surface area contributed by atoms with Crippen LogP contribution in [-0.2, 0) is 11.8 Å². The Kier molecular flexibility index (Phi) is 9.07. The van der Waals surface area contributed by atoms with E-state index in [2.05, 4.69) is 176 Å². The van der Waals surface area contributed by atoms with Crippen LogP contribution < -0.4 is 10.6 Å². The molecule has 13 rings (SSSR count). The van der Waals surface area contributed by atoms with Crippen LogP contribution in [0.1, 0.15) is 129 Å². The molecule has 0 bridgehead atoms. The van der Waals surface area contributed by atoms with Crippen molar-refractivity contribution in [2.45, 2.75) is 108 Å². The van der Waals surface area contributed by atoms with Gasteiger partial charge in [-0.25, -0.2) is 0 Å². The molecule has 0 amide bonds. The van der Waals surface area contributed by atoms with Gasteiger partial charge < -0.3 is 9.73 Å². The first-order valence-electron chi connectivity index (χ1n) is 24.6. The van der Waals surface area contributed by atoms with Gasteiger partial charge in [0.25, 0.3) is 0 Å². The van der Waals surface area contributed by atoms with Gasteiger partial charge in [-0.2, -0.15) is 0 Å². The van der Waals surface area contributed by atoms with Crippen LogP contribution in [0.2, 0.25) is 0 Å². The maximum Gasteiger partial charge on any atom is 0.135 e. The zero-order chi connectivity index (χ0) is 42.6. The number of rotatable bonds is 5. The first-order chi connectivity index (χ1) is 31.4. The van der Waals surface area contributed by atoms with E-state index in [1.807, 2.05) is 0 Å². The van der Waals surface area contributed by atoms with Crippen molar-refractivity contribution in [3.05, 3.63) is 202 Å². The molecule has 0 radical (unpaired) electrons. The Labute approximate surface area is 379 Å². The van der Waals surface area contributed by atoms with Gasteiger partial charge in [-0.05, 0) is 119 Å². The molecular weight excluding hydrogens is 777 g/mol. The Morgan fingerprint density at radius 3 is 2.56 bits per heavy atom. The Hall–Kier alpha value is -5.64. The molecule has 0 saturated heterocycles. The second-order valence-electron chi connectivity index (χ2n) is 21.0. The van der Waals surface area contributed by atoms with Gasteiger partial charge in [0.15, 0.2) is 0 Å². The van der Waals surface area contributed by atoms with Crippen LogP contribution in [0, 0.1) is 23.2 Å². The standard InChI is InChI=1S/C61H60N2O/c1-60(2)51-26-15-24-44(58(51)49-36-53-48(35-52(49)60)45-22-7-9-25-50(45)61(53)30-11-4-12-31-61)41-20-13-18-39(32-41)40-19-14-21-42(33-40)54-37-55(63-59(62-54)38-16-5-3-6-17-38)43-28-29-47-46-23-8-10-27-56(46)64-57(47)34-43/h3,5-7,9-10,13-22,24,26-29,32,34-35,37,40,48-50,53-54,59,62-63H,4,8,11-12,23,25,30-31,33,36H2,1-2H3. The van der Waals surface area contributed by atoms with E-state index in [9.17, 15) is 0 Å². The molecule has 4 aromatic carbocycles. The molecule has 2 heterocycles. The van der Waals surface area contributed by atoms with Crippen molar-refractivity contribution in [1.82, 2.24) is 10.6 Å². The van der Waals surface area contributed by atoms with E-state index in [4.69, 9.17) is 4.42 Å². The van der Waals surface area contributed by atoms with Crippen LogP contribution in [0.4, 0.5) is 0 Å². The minimum atomic E-state index is -0.0312. The number of hydrogen-bond donors (Lipinski definition) is 2. The molecule has 2 fully saturated rings. The lowest BCUT2D eigenvalue weighted by molar-refractivity contribution is 0.0602. The number of aryl methyl sites for hydroxylation is 1. The number of benzene rings is 4. The quantitative estimate of drug-likeness (QED) is 0.173. The van der Waals surface area contributed by atoms with Crippen LogP contribution in [0.25, 0.3) is 33.9 Å². The predicted octanol–water partition coefficient (Wildman–Crippen LogP) is 14.7. The molecular formula is C61H60N2O. The summed E-state index contributed by atoms with van der Waals surface area (Å²) in [5.74, 6) is 3.87. The Balaban J connectivity index is 0.820. The SMILES string of the molecule is CC1(C)C2=CC3C4=CC=CCC4C4(CCCCC4)C3CC2c2c(-c3cccc(C4C=CC=C(C5C=C(c6ccc7c8c(oc7c6)C=CCC8)NC(c6ccccc6)N5)C4)c3)cccc21. The summed E-state index contributed by atoms with van der Waals surface area (Å²) in [7, 11) is 0. The van der Waals surface area contributed by atoms with Crippen molar-refractivity contribution in [3.63, 3.8) is 0 Å². The maximum absolute atomic E-state index is 6.42. The van der Waals surface area contributed by atoms with Crippen LogP contribution >= 0.6 is 0 Å². The van der Waals surface area contributed by atoms with Gasteiger partial charge in [-0.1, -0.05) is 178 Å². The van der Waals surface area contributed by atoms with E-state index >= 15 is 0 Å². The Morgan fingerprint density at radius 2 is 1.66 bits per heavy atom. The number of fused-ring (bicyclic) bond motifs is 11. The van der Waals surface area contributed by atoms with Gasteiger partial charge in [0.05, 0.1) is 6.04 Å². The minimum Gasteiger partial charge on any atom is -0.456 e. The van der Waals surface area contributed by atoms with Gasteiger partial charge in [0.1, 0.15) is 17.5 Å². The molecule has 2 N–H and O–H groups in total. The Bertz CT molecular complexity index is 2920. The summed E-state index contributed by atoms with van der Waals surface area (Å²) in [5.41, 5.74) is 18.6. The first kappa shape index (κ1) is 38.8. The molecule has 320 valence electrons. The van der Waals surface area contributed by atoms with Crippen molar-refractivity contribution in [2.75, 3.05) is 0 Å². The molecule has 1 aliphatic heterocycles. The Morgan fingerprint density at radius 1 is 0.781 bits per heavy atom. The monoisotopic (exact) mass is 836 g/mol. The molecule has 7 atom stereocenters. The van der Waals surface area contributed by atoms with Crippen LogP contribution in [0.3, 0.4) is 0 Å². The summed E-state index contributed by atoms with van der Waals surface area (Å²) in [5, 5.41) is 9.12. The molecule has 1 spiro atoms. The predicted molar refractivity (Wildman–Crippen MR) is 264 cm³/mol. The summed E-state index contributed by atoms with van der Waals surface area (Å²) >= 11 is 0. The molecule has 3 heteroatoms. The average Bonchev–Trinajstić information content (AvgIpc) is 3.94. The van der Waals surface area contributed by atoms with Crippen molar-refractivity contribution in [2.24, 2.45) is 23.2 Å². The van der Waals surface area contributed by atoms with E-state index in [-0.39, 0.29) is 23.5 Å². The number of furan rings is 1. The van der Waals surface area contributed by atoms with Gasteiger partial charge >= 0.3 is 0 Å². The molecule has 8 aliphatic rings. The zero-order valence-corrected chi connectivity index (χ0v) is 37.5. The molecule has 1 aromatic heterocycles. The van der Waals surface area contributed by atoms with Gasteiger partial charge in [0.2, 0.25) is 0 Å². The fourth-order valence-corrected chi connectivity index (χ4v) is 14.5. The number of hydrogen-bond acceptors (Lipinski definition) is 3. The molecule has 7 unspecified atom stereocenters. The highest BCUT2D eigenvalue weighted by Crippen LogP contribution is 2.69. The topological polar surface area (TPSA) is 37.2 Å². The lowest BCUT2D eigenvalue weighted by Gasteiger charge is -2.46. The van der Waals surface area contributed by atoms with Crippen molar-refractivity contribution >= 4 is 22.7 Å². The van der Waals surface area contributed by atoms with Gasteiger partial charge in [-0.3, -0.25) is 5.32 Å². The third-order valence-electron chi connectivity index (χ3n) is 17.5. The van der Waals surface area contributed by atoms with Crippen LogP contribution in [-0.4, -0.2) is 6.04 Å². The third-order valence-corrected chi connectivity index (χ3v) is 17.5. The molecule has 64 heavy (non-hydrogen) atoms. The fraction of sp³-hybridized carbons (Fsp3) is 0.344. The normalized spacial score (nSPS) is 29.1. The number of nitrogens with one attached hydrogen (secondary N) is 2. The van der Waals surface area contributed by atoms with E-state index in [0.717, 1.165) is 53.7 Å². The smallest absolute Gasteiger partial charge is 0.135 e. The van der Waals surface area contributed by atoms with Gasteiger partial charge in [0, 0.05) is 45.4 Å². The summed E-state index contributed by atoms with van der Waals surface area (Å²) < 4.78 is 6.42. The van der Waals surface area contributed by atoms with Gasteiger partial charge in [-0.15, -0.1) is 0 Å². The largest absolute Gasteiger partial charge is 0.456 e. The van der Waals surface area contributed by atoms with Crippen LogP contribution in [0.15, 0.2) is 167 Å². The zero-order valence-electron chi connectivity index (χ0n) is 37.5. The summed E-state index contributed by atoms with van der Waals surface area (Å²) in [6.45, 7) is 5.04. The van der Waals surface area contributed by atoms with Crippen molar-refractivity contribution < 1.29 is 4.42 Å². The molecule has 5 aromatic rings. The van der Waals surface area contributed by atoms with E-state index in [1.54, 1.807) is 22.3 Å².